The molecule has 0 bridgehead atoms. The first-order valence-corrected chi connectivity index (χ1v) is 10.5. The molecule has 0 fully saturated rings. The van der Waals surface area contributed by atoms with Crippen LogP contribution in [-0.2, 0) is 22.3 Å². The maximum absolute atomic E-state index is 12.8. The molecule has 166 valence electrons. The predicted molar refractivity (Wildman–Crippen MR) is 116 cm³/mol. The van der Waals surface area contributed by atoms with Crippen molar-refractivity contribution < 1.29 is 27.4 Å². The van der Waals surface area contributed by atoms with E-state index in [1.165, 1.54) is 30.6 Å². The second-order valence-electron chi connectivity index (χ2n) is 7.10. The van der Waals surface area contributed by atoms with Crippen molar-refractivity contribution in [1.82, 2.24) is 9.55 Å². The first kappa shape index (κ1) is 21.9. The lowest BCUT2D eigenvalue weighted by atomic mass is 10.1. The van der Waals surface area contributed by atoms with Crippen LogP contribution in [0.15, 0.2) is 54.7 Å². The van der Waals surface area contributed by atoms with Crippen molar-refractivity contribution in [3.63, 3.8) is 0 Å². The Labute approximate surface area is 186 Å². The summed E-state index contributed by atoms with van der Waals surface area (Å²) in [5, 5.41) is 1.53. The Morgan fingerprint density at radius 3 is 2.56 bits per heavy atom. The van der Waals surface area contributed by atoms with Gasteiger partial charge >= 0.3 is 12.1 Å². The molecule has 2 heterocycles. The standard InChI is InChI=1S/C23H19F3N2O3S/c1-14-20(32-22(27-14)15-6-8-16(9-7-15)23(24,25)26)12-28-11-10-17-18(28)4-3-5-19(17)31-13-21(29)30-2/h3-11H,12-13H2,1-2H3. The van der Waals surface area contributed by atoms with Crippen LogP contribution in [0.2, 0.25) is 0 Å². The lowest BCUT2D eigenvalue weighted by Crippen LogP contribution is -2.12. The van der Waals surface area contributed by atoms with Gasteiger partial charge in [0.2, 0.25) is 0 Å². The Kier molecular flexibility index (Phi) is 5.92. The minimum absolute atomic E-state index is 0.175. The maximum atomic E-state index is 12.8. The average molecular weight is 460 g/mol. The second kappa shape index (κ2) is 8.66. The van der Waals surface area contributed by atoms with E-state index in [0.29, 0.717) is 22.9 Å². The Balaban J connectivity index is 1.57. The lowest BCUT2D eigenvalue weighted by molar-refractivity contribution is -0.143. The van der Waals surface area contributed by atoms with Gasteiger partial charge in [-0.2, -0.15) is 13.2 Å². The van der Waals surface area contributed by atoms with Gasteiger partial charge in [0.15, 0.2) is 6.61 Å². The maximum Gasteiger partial charge on any atom is 0.416 e. The molecule has 0 aliphatic heterocycles. The highest BCUT2D eigenvalue weighted by atomic mass is 32.1. The van der Waals surface area contributed by atoms with Crippen molar-refractivity contribution in [3.8, 4) is 16.3 Å². The summed E-state index contributed by atoms with van der Waals surface area (Å²) in [6.45, 7) is 2.26. The number of rotatable bonds is 6. The topological polar surface area (TPSA) is 53.4 Å². The summed E-state index contributed by atoms with van der Waals surface area (Å²) in [7, 11) is 1.30. The summed E-state index contributed by atoms with van der Waals surface area (Å²) < 4.78 is 50.7. The van der Waals surface area contributed by atoms with E-state index in [0.717, 1.165) is 33.6 Å². The molecule has 0 N–H and O–H groups in total. The zero-order valence-corrected chi connectivity index (χ0v) is 18.1. The van der Waals surface area contributed by atoms with E-state index in [2.05, 4.69) is 9.72 Å². The summed E-state index contributed by atoms with van der Waals surface area (Å²) in [4.78, 5) is 16.9. The number of aryl methyl sites for hydroxylation is 1. The Morgan fingerprint density at radius 1 is 1.12 bits per heavy atom. The van der Waals surface area contributed by atoms with Crippen molar-refractivity contribution in [2.24, 2.45) is 0 Å². The summed E-state index contributed by atoms with van der Waals surface area (Å²) in [6.07, 6.45) is -2.44. The highest BCUT2D eigenvalue weighted by Gasteiger charge is 2.30. The Bertz CT molecular complexity index is 1260. The molecular weight excluding hydrogens is 441 g/mol. The first-order valence-electron chi connectivity index (χ1n) is 9.67. The summed E-state index contributed by atoms with van der Waals surface area (Å²) in [5.74, 6) is 0.121. The molecule has 5 nitrogen and oxygen atoms in total. The molecule has 0 unspecified atom stereocenters. The number of ether oxygens (including phenoxy) is 2. The summed E-state index contributed by atoms with van der Waals surface area (Å²) in [5.41, 5.74) is 1.72. The van der Waals surface area contributed by atoms with Crippen LogP contribution < -0.4 is 4.74 Å². The SMILES string of the molecule is COC(=O)COc1cccc2c1ccn2Cc1sc(-c2ccc(C(F)(F)F)cc2)nc1C. The van der Waals surface area contributed by atoms with E-state index in [4.69, 9.17) is 4.74 Å². The van der Waals surface area contributed by atoms with E-state index in [9.17, 15) is 18.0 Å². The van der Waals surface area contributed by atoms with Crippen molar-refractivity contribution in [3.05, 3.63) is 70.9 Å². The van der Waals surface area contributed by atoms with Crippen molar-refractivity contribution in [2.75, 3.05) is 13.7 Å². The van der Waals surface area contributed by atoms with Gasteiger partial charge in [-0.15, -0.1) is 11.3 Å². The number of hydrogen-bond acceptors (Lipinski definition) is 5. The van der Waals surface area contributed by atoms with E-state index in [1.54, 1.807) is 6.07 Å². The molecule has 2 aromatic heterocycles. The number of fused-ring (bicyclic) bond motifs is 1. The molecule has 2 aromatic carbocycles. The highest BCUT2D eigenvalue weighted by Crippen LogP contribution is 2.34. The number of esters is 1. The van der Waals surface area contributed by atoms with Gasteiger partial charge in [-0.25, -0.2) is 9.78 Å². The van der Waals surface area contributed by atoms with Gasteiger partial charge in [-0.3, -0.25) is 0 Å². The number of carbonyl (C=O) groups excluding carboxylic acids is 1. The van der Waals surface area contributed by atoms with E-state index in [-0.39, 0.29) is 6.61 Å². The van der Waals surface area contributed by atoms with Gasteiger partial charge in [-0.1, -0.05) is 18.2 Å². The molecule has 0 radical (unpaired) electrons. The van der Waals surface area contributed by atoms with Gasteiger partial charge in [0, 0.05) is 22.0 Å². The van der Waals surface area contributed by atoms with E-state index >= 15 is 0 Å². The number of alkyl halides is 3. The van der Waals surface area contributed by atoms with Crippen molar-refractivity contribution >= 4 is 28.2 Å². The third-order valence-corrected chi connectivity index (χ3v) is 6.20. The normalized spacial score (nSPS) is 11.7. The van der Waals surface area contributed by atoms with Crippen LogP contribution in [0, 0.1) is 6.92 Å². The third kappa shape index (κ3) is 4.47. The van der Waals surface area contributed by atoms with Gasteiger partial charge in [0.05, 0.1) is 30.4 Å². The molecule has 4 rings (SSSR count). The van der Waals surface area contributed by atoms with E-state index in [1.807, 2.05) is 35.9 Å². The minimum atomic E-state index is -4.36. The molecular formula is C23H19F3N2O3S. The number of benzene rings is 2. The summed E-state index contributed by atoms with van der Waals surface area (Å²) >= 11 is 1.45. The molecule has 0 aliphatic carbocycles. The zero-order chi connectivity index (χ0) is 22.9. The van der Waals surface area contributed by atoms with E-state index < -0.39 is 17.7 Å². The van der Waals surface area contributed by atoms with Crippen LogP contribution >= 0.6 is 11.3 Å². The van der Waals surface area contributed by atoms with Crippen LogP contribution in [0.4, 0.5) is 13.2 Å². The molecule has 9 heteroatoms. The molecule has 0 saturated heterocycles. The molecule has 0 amide bonds. The smallest absolute Gasteiger partial charge is 0.416 e. The quantitative estimate of drug-likeness (QED) is 0.347. The van der Waals surface area contributed by atoms with Crippen LogP contribution in [0.25, 0.3) is 21.5 Å². The second-order valence-corrected chi connectivity index (χ2v) is 8.18. The first-order chi connectivity index (χ1) is 15.3. The number of thiazole rings is 1. The lowest BCUT2D eigenvalue weighted by Gasteiger charge is -2.08. The van der Waals surface area contributed by atoms with Gasteiger partial charge in [0.1, 0.15) is 10.8 Å². The minimum Gasteiger partial charge on any atom is -0.481 e. The molecule has 0 aliphatic rings. The van der Waals surface area contributed by atoms with Crippen molar-refractivity contribution in [2.45, 2.75) is 19.6 Å². The fourth-order valence-electron chi connectivity index (χ4n) is 3.31. The fourth-order valence-corrected chi connectivity index (χ4v) is 4.38. The molecule has 32 heavy (non-hydrogen) atoms. The largest absolute Gasteiger partial charge is 0.481 e. The number of halogens is 3. The van der Waals surface area contributed by atoms with Gasteiger partial charge < -0.3 is 14.0 Å². The molecule has 0 spiro atoms. The number of aromatic nitrogens is 2. The number of nitrogens with zero attached hydrogens (tertiary/aromatic N) is 2. The van der Waals surface area contributed by atoms with Crippen LogP contribution in [-0.4, -0.2) is 29.2 Å². The zero-order valence-electron chi connectivity index (χ0n) is 17.3. The number of hydrogen-bond donors (Lipinski definition) is 0. The predicted octanol–water partition coefficient (Wildman–Crippen LogP) is 5.69. The van der Waals surface area contributed by atoms with Gasteiger partial charge in [0.25, 0.3) is 0 Å². The third-order valence-electron chi connectivity index (χ3n) is 5.01. The Hall–Kier alpha value is -3.33. The highest BCUT2D eigenvalue weighted by molar-refractivity contribution is 7.15. The number of methoxy groups -OCH3 is 1. The van der Waals surface area contributed by atoms with Crippen molar-refractivity contribution in [1.29, 1.82) is 0 Å². The molecule has 4 aromatic rings. The number of carbonyl (C=O) groups is 1. The monoisotopic (exact) mass is 460 g/mol. The fraction of sp³-hybridized carbons (Fsp3) is 0.217. The molecule has 0 atom stereocenters. The van der Waals surface area contributed by atoms with Crippen LogP contribution in [0.1, 0.15) is 16.1 Å². The Morgan fingerprint density at radius 2 is 1.88 bits per heavy atom. The van der Waals surface area contributed by atoms with Crippen LogP contribution in [0.3, 0.4) is 0 Å². The molecule has 0 saturated carbocycles. The summed E-state index contributed by atoms with van der Waals surface area (Å²) in [6, 6.07) is 12.5. The van der Waals surface area contributed by atoms with Crippen LogP contribution in [0.5, 0.6) is 5.75 Å². The van der Waals surface area contributed by atoms with Gasteiger partial charge in [-0.05, 0) is 37.3 Å². The average Bonchev–Trinajstić information content (AvgIpc) is 3.35.